The molecule has 0 heterocycles. The first kappa shape index (κ1) is 7.79. The van der Waals surface area contributed by atoms with Crippen LogP contribution in [0, 0.1) is 5.41 Å². The highest BCUT2D eigenvalue weighted by Gasteiger charge is 1.93. The summed E-state index contributed by atoms with van der Waals surface area (Å²) in [4.78, 5) is 0. The van der Waals surface area contributed by atoms with Crippen LogP contribution in [-0.2, 0) is 0 Å². The summed E-state index contributed by atoms with van der Waals surface area (Å²) in [6.07, 6.45) is 0. The lowest BCUT2D eigenvalue weighted by Crippen LogP contribution is -1.92. The Hall–Kier alpha value is -1.31. The molecule has 0 fully saturated rings. The Balaban J connectivity index is 2.91. The van der Waals surface area contributed by atoms with E-state index in [4.69, 9.17) is 5.41 Å². The summed E-state index contributed by atoms with van der Waals surface area (Å²) >= 11 is 0. The van der Waals surface area contributed by atoms with Crippen LogP contribution in [0.4, 0.5) is 5.69 Å². The van der Waals surface area contributed by atoms with Gasteiger partial charge in [0.25, 0.3) is 0 Å². The third-order valence-corrected chi connectivity index (χ3v) is 1.61. The van der Waals surface area contributed by atoms with Crippen LogP contribution in [0.5, 0.6) is 0 Å². The molecule has 0 bridgehead atoms. The number of hydrogen-bond donors (Lipinski definition) is 2. The molecule has 1 aromatic carbocycles. The fourth-order valence-corrected chi connectivity index (χ4v) is 0.887. The predicted octanol–water partition coefficient (Wildman–Crippen LogP) is 2.12. The van der Waals surface area contributed by atoms with Gasteiger partial charge in [0.2, 0.25) is 0 Å². The first-order valence-corrected chi connectivity index (χ1v) is 3.57. The fraction of sp³-hybridized carbons (Fsp3) is 0.222. The lowest BCUT2D eigenvalue weighted by Gasteiger charge is -2.00. The zero-order valence-electron chi connectivity index (χ0n) is 6.81. The van der Waals surface area contributed by atoms with Crippen LogP contribution in [0.3, 0.4) is 0 Å². The molecule has 0 saturated carbocycles. The van der Waals surface area contributed by atoms with Gasteiger partial charge >= 0.3 is 0 Å². The molecule has 0 amide bonds. The van der Waals surface area contributed by atoms with Crippen LogP contribution in [0.1, 0.15) is 12.5 Å². The second-order valence-corrected chi connectivity index (χ2v) is 2.45. The highest BCUT2D eigenvalue weighted by molar-refractivity contribution is 5.96. The van der Waals surface area contributed by atoms with E-state index in [-0.39, 0.29) is 0 Å². The number of anilines is 1. The minimum absolute atomic E-state index is 0.604. The minimum Gasteiger partial charge on any atom is -0.388 e. The first-order chi connectivity index (χ1) is 5.24. The van der Waals surface area contributed by atoms with Gasteiger partial charge in [0.15, 0.2) is 0 Å². The van der Waals surface area contributed by atoms with Gasteiger partial charge < -0.3 is 10.7 Å². The molecular weight excluding hydrogens is 136 g/mol. The first-order valence-electron chi connectivity index (χ1n) is 3.57. The molecule has 11 heavy (non-hydrogen) atoms. The molecule has 0 atom stereocenters. The highest BCUT2D eigenvalue weighted by Crippen LogP contribution is 2.08. The quantitative estimate of drug-likeness (QED) is 0.619. The number of hydrogen-bond acceptors (Lipinski definition) is 2. The number of benzene rings is 1. The smallest absolute Gasteiger partial charge is 0.0355 e. The van der Waals surface area contributed by atoms with Crippen LogP contribution in [0.2, 0.25) is 0 Å². The molecule has 0 saturated heterocycles. The van der Waals surface area contributed by atoms with E-state index in [0.29, 0.717) is 5.71 Å². The van der Waals surface area contributed by atoms with Crippen molar-refractivity contribution in [2.75, 3.05) is 12.4 Å². The Morgan fingerprint density at radius 1 is 1.27 bits per heavy atom. The standard InChI is InChI=1S/C9H12N2/c1-7(10)8-3-5-9(11-2)6-4-8/h3-6,10-11H,1-2H3. The van der Waals surface area contributed by atoms with Crippen LogP contribution in [0.25, 0.3) is 0 Å². The van der Waals surface area contributed by atoms with E-state index in [9.17, 15) is 0 Å². The summed E-state index contributed by atoms with van der Waals surface area (Å²) in [5.41, 5.74) is 2.66. The molecule has 0 aromatic heterocycles. The average Bonchev–Trinajstić information content (AvgIpc) is 2.05. The van der Waals surface area contributed by atoms with Crippen molar-refractivity contribution in [2.45, 2.75) is 6.92 Å². The predicted molar refractivity (Wildman–Crippen MR) is 48.5 cm³/mol. The molecular formula is C9H12N2. The molecule has 0 aliphatic heterocycles. The van der Waals surface area contributed by atoms with Crippen molar-refractivity contribution in [3.8, 4) is 0 Å². The van der Waals surface area contributed by atoms with Crippen molar-refractivity contribution in [3.05, 3.63) is 29.8 Å². The fourth-order valence-electron chi connectivity index (χ4n) is 0.887. The molecule has 2 nitrogen and oxygen atoms in total. The summed E-state index contributed by atoms with van der Waals surface area (Å²) in [6, 6.07) is 7.81. The third-order valence-electron chi connectivity index (χ3n) is 1.61. The number of nitrogens with one attached hydrogen (secondary N) is 2. The monoisotopic (exact) mass is 148 g/mol. The van der Waals surface area contributed by atoms with E-state index in [1.807, 2.05) is 31.3 Å². The molecule has 2 N–H and O–H groups in total. The Morgan fingerprint density at radius 3 is 2.18 bits per heavy atom. The van der Waals surface area contributed by atoms with Crippen LogP contribution in [-0.4, -0.2) is 12.8 Å². The van der Waals surface area contributed by atoms with E-state index >= 15 is 0 Å². The van der Waals surface area contributed by atoms with Crippen molar-refractivity contribution < 1.29 is 0 Å². The van der Waals surface area contributed by atoms with Gasteiger partial charge in [-0.05, 0) is 24.6 Å². The van der Waals surface area contributed by atoms with Gasteiger partial charge in [-0.1, -0.05) is 12.1 Å². The molecule has 0 aliphatic rings. The van der Waals surface area contributed by atoms with E-state index in [1.165, 1.54) is 0 Å². The van der Waals surface area contributed by atoms with Gasteiger partial charge in [-0.2, -0.15) is 0 Å². The summed E-state index contributed by atoms with van der Waals surface area (Å²) in [5.74, 6) is 0. The Bertz CT molecular complexity index is 249. The Kier molecular flexibility index (Phi) is 2.26. The van der Waals surface area contributed by atoms with Gasteiger partial charge in [-0.15, -0.1) is 0 Å². The van der Waals surface area contributed by atoms with E-state index in [1.54, 1.807) is 6.92 Å². The van der Waals surface area contributed by atoms with Gasteiger partial charge in [-0.3, -0.25) is 0 Å². The summed E-state index contributed by atoms with van der Waals surface area (Å²) in [6.45, 7) is 1.79. The van der Waals surface area contributed by atoms with E-state index in [0.717, 1.165) is 11.3 Å². The van der Waals surface area contributed by atoms with Gasteiger partial charge in [0.05, 0.1) is 0 Å². The third kappa shape index (κ3) is 1.80. The van der Waals surface area contributed by atoms with Crippen molar-refractivity contribution in [3.63, 3.8) is 0 Å². The zero-order valence-corrected chi connectivity index (χ0v) is 6.81. The van der Waals surface area contributed by atoms with E-state index < -0.39 is 0 Å². The van der Waals surface area contributed by atoms with Gasteiger partial charge in [0, 0.05) is 18.4 Å². The average molecular weight is 148 g/mol. The van der Waals surface area contributed by atoms with Crippen LogP contribution >= 0.6 is 0 Å². The van der Waals surface area contributed by atoms with Crippen molar-refractivity contribution in [2.24, 2.45) is 0 Å². The molecule has 58 valence electrons. The maximum atomic E-state index is 7.34. The Morgan fingerprint density at radius 2 is 1.82 bits per heavy atom. The summed E-state index contributed by atoms with van der Waals surface area (Å²) < 4.78 is 0. The topological polar surface area (TPSA) is 35.9 Å². The second kappa shape index (κ2) is 3.19. The van der Waals surface area contributed by atoms with Gasteiger partial charge in [-0.25, -0.2) is 0 Å². The van der Waals surface area contributed by atoms with Crippen molar-refractivity contribution >= 4 is 11.4 Å². The maximum absolute atomic E-state index is 7.34. The molecule has 1 aromatic rings. The zero-order chi connectivity index (χ0) is 8.27. The number of rotatable bonds is 2. The van der Waals surface area contributed by atoms with Crippen molar-refractivity contribution in [1.29, 1.82) is 5.41 Å². The highest BCUT2D eigenvalue weighted by atomic mass is 14.8. The van der Waals surface area contributed by atoms with Crippen LogP contribution in [0.15, 0.2) is 24.3 Å². The second-order valence-electron chi connectivity index (χ2n) is 2.45. The van der Waals surface area contributed by atoms with E-state index in [2.05, 4.69) is 5.32 Å². The normalized spacial score (nSPS) is 9.27. The van der Waals surface area contributed by atoms with Crippen LogP contribution < -0.4 is 5.32 Å². The lowest BCUT2D eigenvalue weighted by molar-refractivity contribution is 1.44. The van der Waals surface area contributed by atoms with Crippen molar-refractivity contribution in [1.82, 2.24) is 0 Å². The van der Waals surface area contributed by atoms with Gasteiger partial charge in [0.1, 0.15) is 0 Å². The lowest BCUT2D eigenvalue weighted by atomic mass is 10.1. The summed E-state index contributed by atoms with van der Waals surface area (Å²) in [5, 5.41) is 10.4. The molecule has 2 heteroatoms. The molecule has 0 spiro atoms. The summed E-state index contributed by atoms with van der Waals surface area (Å²) in [7, 11) is 1.88. The Labute approximate surface area is 66.8 Å². The largest absolute Gasteiger partial charge is 0.388 e. The molecule has 0 unspecified atom stereocenters. The SMILES string of the molecule is CNc1ccc(C(C)=N)cc1. The molecule has 0 radical (unpaired) electrons. The maximum Gasteiger partial charge on any atom is 0.0355 e. The minimum atomic E-state index is 0.604. The molecule has 0 aliphatic carbocycles. The molecule has 1 rings (SSSR count).